The molecule has 0 N–H and O–H groups in total. The van der Waals surface area contributed by atoms with Gasteiger partial charge >= 0.3 is 11.7 Å². The number of carbonyl (C=O) groups excluding carboxylic acids is 1. The second-order valence-electron chi connectivity index (χ2n) is 3.97. The lowest BCUT2D eigenvalue weighted by atomic mass is 10.2. The molecule has 5 heteroatoms. The lowest BCUT2D eigenvalue weighted by Gasteiger charge is -2.10. The van der Waals surface area contributed by atoms with Crippen molar-refractivity contribution in [2.75, 3.05) is 7.11 Å². The second-order valence-corrected chi connectivity index (χ2v) is 3.97. The highest BCUT2D eigenvalue weighted by Gasteiger charge is 2.09. The van der Waals surface area contributed by atoms with Crippen molar-refractivity contribution in [2.45, 2.75) is 19.9 Å². The summed E-state index contributed by atoms with van der Waals surface area (Å²) in [6.07, 6.45) is 0.158. The van der Waals surface area contributed by atoms with Crippen molar-refractivity contribution >= 4 is 16.9 Å². The molecule has 0 bridgehead atoms. The van der Waals surface area contributed by atoms with Crippen molar-refractivity contribution in [3.63, 3.8) is 0 Å². The first kappa shape index (κ1) is 12.3. The van der Waals surface area contributed by atoms with Gasteiger partial charge in [0.2, 0.25) is 0 Å². The Balaban J connectivity index is 2.49. The summed E-state index contributed by atoms with van der Waals surface area (Å²) < 4.78 is 6.07. The van der Waals surface area contributed by atoms with E-state index in [0.29, 0.717) is 5.69 Å². The number of benzene rings is 1. The monoisotopic (exact) mass is 246 g/mol. The average molecular weight is 246 g/mol. The number of rotatable bonds is 3. The summed E-state index contributed by atoms with van der Waals surface area (Å²) in [5.74, 6) is -0.341. The Morgan fingerprint density at radius 2 is 2.11 bits per heavy atom. The minimum absolute atomic E-state index is 0.158. The third-order valence-corrected chi connectivity index (χ3v) is 2.85. The average Bonchev–Trinajstić information content (AvgIpc) is 2.38. The van der Waals surface area contributed by atoms with Gasteiger partial charge in [-0.2, -0.15) is 4.98 Å². The van der Waals surface area contributed by atoms with Gasteiger partial charge in [0.05, 0.1) is 24.7 Å². The van der Waals surface area contributed by atoms with Crippen LogP contribution in [-0.4, -0.2) is 22.6 Å². The van der Waals surface area contributed by atoms with Gasteiger partial charge in [-0.25, -0.2) is 4.79 Å². The highest BCUT2D eigenvalue weighted by molar-refractivity contribution is 5.81. The van der Waals surface area contributed by atoms with Crippen LogP contribution in [0, 0.1) is 6.92 Å². The molecular formula is C13H14N2O3. The fourth-order valence-corrected chi connectivity index (χ4v) is 1.90. The van der Waals surface area contributed by atoms with Gasteiger partial charge < -0.3 is 4.74 Å². The molecule has 0 saturated carbocycles. The van der Waals surface area contributed by atoms with Gasteiger partial charge in [-0.3, -0.25) is 9.36 Å². The first-order valence-electron chi connectivity index (χ1n) is 5.66. The molecule has 1 aromatic carbocycles. The molecule has 1 aromatic heterocycles. The normalized spacial score (nSPS) is 10.6. The third kappa shape index (κ3) is 2.25. The number of aromatic nitrogens is 2. The van der Waals surface area contributed by atoms with Crippen molar-refractivity contribution in [1.29, 1.82) is 0 Å². The third-order valence-electron chi connectivity index (χ3n) is 2.85. The predicted octanol–water partition coefficient (Wildman–Crippen LogP) is 1.27. The fourth-order valence-electron chi connectivity index (χ4n) is 1.90. The molecule has 0 aliphatic carbocycles. The number of methoxy groups -OCH3 is 1. The molecule has 5 nitrogen and oxygen atoms in total. The van der Waals surface area contributed by atoms with Gasteiger partial charge in [-0.1, -0.05) is 18.2 Å². The van der Waals surface area contributed by atoms with E-state index in [1.165, 1.54) is 11.7 Å². The zero-order chi connectivity index (χ0) is 13.1. The second kappa shape index (κ2) is 5.00. The number of carbonyl (C=O) groups is 1. The molecule has 2 aromatic rings. The summed E-state index contributed by atoms with van der Waals surface area (Å²) in [7, 11) is 1.33. The van der Waals surface area contributed by atoms with Crippen molar-refractivity contribution in [3.8, 4) is 0 Å². The van der Waals surface area contributed by atoms with E-state index in [2.05, 4.69) is 9.72 Å². The molecule has 0 aliphatic heterocycles. The fraction of sp³-hybridized carbons (Fsp3) is 0.308. The van der Waals surface area contributed by atoms with Crippen LogP contribution in [0.4, 0.5) is 0 Å². The van der Waals surface area contributed by atoms with E-state index in [-0.39, 0.29) is 24.6 Å². The van der Waals surface area contributed by atoms with E-state index < -0.39 is 0 Å². The molecule has 18 heavy (non-hydrogen) atoms. The topological polar surface area (TPSA) is 61.2 Å². The lowest BCUT2D eigenvalue weighted by molar-refractivity contribution is -0.140. The molecule has 0 atom stereocenters. The summed E-state index contributed by atoms with van der Waals surface area (Å²) in [6, 6.07) is 7.51. The lowest BCUT2D eigenvalue weighted by Crippen LogP contribution is -2.25. The molecule has 0 saturated heterocycles. The first-order valence-corrected chi connectivity index (χ1v) is 5.66. The minimum atomic E-state index is -0.341. The molecular weight excluding hydrogens is 232 g/mol. The number of fused-ring (bicyclic) bond motifs is 1. The number of nitrogens with zero attached hydrogens (tertiary/aromatic N) is 2. The smallest absolute Gasteiger partial charge is 0.348 e. The predicted molar refractivity (Wildman–Crippen MR) is 67.4 cm³/mol. The van der Waals surface area contributed by atoms with Crippen LogP contribution in [0.5, 0.6) is 0 Å². The molecule has 0 amide bonds. The van der Waals surface area contributed by atoms with Crippen molar-refractivity contribution in [2.24, 2.45) is 0 Å². The maximum atomic E-state index is 11.9. The van der Waals surface area contributed by atoms with Crippen molar-refractivity contribution in [1.82, 2.24) is 9.55 Å². The van der Waals surface area contributed by atoms with Gasteiger partial charge in [0, 0.05) is 11.9 Å². The first-order chi connectivity index (χ1) is 8.63. The Hall–Kier alpha value is -2.17. The summed E-state index contributed by atoms with van der Waals surface area (Å²) in [6.45, 7) is 2.08. The molecule has 2 rings (SSSR count). The highest BCUT2D eigenvalue weighted by atomic mass is 16.5. The van der Waals surface area contributed by atoms with E-state index in [1.54, 1.807) is 6.92 Å². The van der Waals surface area contributed by atoms with Crippen LogP contribution in [-0.2, 0) is 16.1 Å². The molecule has 0 spiro atoms. The number of esters is 1. The summed E-state index contributed by atoms with van der Waals surface area (Å²) in [5.41, 5.74) is 1.15. The summed E-state index contributed by atoms with van der Waals surface area (Å²) in [4.78, 5) is 27.0. The van der Waals surface area contributed by atoms with Gasteiger partial charge in [-0.15, -0.1) is 0 Å². The van der Waals surface area contributed by atoms with E-state index >= 15 is 0 Å². The van der Waals surface area contributed by atoms with Crippen LogP contribution in [0.2, 0.25) is 0 Å². The number of ether oxygens (including phenoxy) is 1. The maximum Gasteiger partial charge on any atom is 0.348 e. The molecule has 94 valence electrons. The van der Waals surface area contributed by atoms with Gasteiger partial charge in [0.1, 0.15) is 0 Å². The van der Waals surface area contributed by atoms with E-state index in [4.69, 9.17) is 0 Å². The van der Waals surface area contributed by atoms with Crippen LogP contribution < -0.4 is 5.69 Å². The van der Waals surface area contributed by atoms with E-state index in [9.17, 15) is 9.59 Å². The Labute approximate surface area is 104 Å². The van der Waals surface area contributed by atoms with Crippen LogP contribution in [0.3, 0.4) is 0 Å². The number of hydrogen-bond acceptors (Lipinski definition) is 4. The molecule has 0 fully saturated rings. The summed E-state index contributed by atoms with van der Waals surface area (Å²) >= 11 is 0. The Morgan fingerprint density at radius 3 is 2.83 bits per heavy atom. The molecule has 0 radical (unpaired) electrons. The summed E-state index contributed by atoms with van der Waals surface area (Å²) in [5, 5.41) is 0.918. The van der Waals surface area contributed by atoms with Crippen LogP contribution >= 0.6 is 0 Å². The van der Waals surface area contributed by atoms with Gasteiger partial charge in [0.15, 0.2) is 0 Å². The molecule has 1 heterocycles. The van der Waals surface area contributed by atoms with Crippen molar-refractivity contribution < 1.29 is 9.53 Å². The Bertz CT molecular complexity index is 646. The zero-order valence-corrected chi connectivity index (χ0v) is 10.3. The van der Waals surface area contributed by atoms with Crippen LogP contribution in [0.15, 0.2) is 29.1 Å². The van der Waals surface area contributed by atoms with E-state index in [1.807, 2.05) is 24.3 Å². The number of aryl methyl sites for hydroxylation is 2. The largest absolute Gasteiger partial charge is 0.469 e. The molecule has 0 unspecified atom stereocenters. The standard InChI is InChI=1S/C13H14N2O3/c1-9-10-5-3-4-6-11(10)15(13(17)14-9)8-7-12(16)18-2/h3-6H,7-8H2,1-2H3. The van der Waals surface area contributed by atoms with Crippen LogP contribution in [0.1, 0.15) is 12.1 Å². The van der Waals surface area contributed by atoms with Crippen LogP contribution in [0.25, 0.3) is 10.9 Å². The number of hydrogen-bond donors (Lipinski definition) is 0. The Morgan fingerprint density at radius 1 is 1.39 bits per heavy atom. The van der Waals surface area contributed by atoms with Gasteiger partial charge in [0.25, 0.3) is 0 Å². The highest BCUT2D eigenvalue weighted by Crippen LogP contribution is 2.14. The SMILES string of the molecule is COC(=O)CCn1c(=O)nc(C)c2ccccc21. The number of para-hydroxylation sites is 1. The van der Waals surface area contributed by atoms with Crippen molar-refractivity contribution in [3.05, 3.63) is 40.4 Å². The maximum absolute atomic E-state index is 11.9. The zero-order valence-electron chi connectivity index (χ0n) is 10.3. The van der Waals surface area contributed by atoms with Gasteiger partial charge in [-0.05, 0) is 13.0 Å². The van der Waals surface area contributed by atoms with E-state index in [0.717, 1.165) is 10.9 Å². The minimum Gasteiger partial charge on any atom is -0.469 e. The molecule has 0 aliphatic rings. The quantitative estimate of drug-likeness (QED) is 0.765. The Kier molecular flexibility index (Phi) is 3.41.